The molecule has 2 nitrogen and oxygen atoms in total. The van der Waals surface area contributed by atoms with Crippen LogP contribution in [0.4, 0.5) is 4.39 Å². The fourth-order valence-electron chi connectivity index (χ4n) is 2.81. The summed E-state index contributed by atoms with van der Waals surface area (Å²) in [5.74, 6) is -0.657. The highest BCUT2D eigenvalue weighted by Gasteiger charge is 2.22. The molecule has 108 valence electrons. The van der Waals surface area contributed by atoms with Crippen molar-refractivity contribution in [2.45, 2.75) is 25.3 Å². The number of nitrogens with one attached hydrogen (secondary N) is 1. The average Bonchev–Trinajstić information content (AvgIpc) is 2.50. The highest BCUT2D eigenvalue weighted by molar-refractivity contribution is 9.10. The fraction of sp³-hybridized carbons (Fsp3) is 0.235. The SMILES string of the molecule is O=C(N[C@@H]1CCCc2ccccc21)c1cc(F)ccc1Br. The van der Waals surface area contributed by atoms with Crippen molar-refractivity contribution in [1.29, 1.82) is 0 Å². The largest absolute Gasteiger partial charge is 0.345 e. The van der Waals surface area contributed by atoms with Gasteiger partial charge in [-0.2, -0.15) is 0 Å². The van der Waals surface area contributed by atoms with Crippen LogP contribution in [0.3, 0.4) is 0 Å². The van der Waals surface area contributed by atoms with Gasteiger partial charge in [-0.25, -0.2) is 4.39 Å². The Morgan fingerprint density at radius 2 is 2.05 bits per heavy atom. The van der Waals surface area contributed by atoms with E-state index in [0.29, 0.717) is 10.0 Å². The maximum Gasteiger partial charge on any atom is 0.253 e. The van der Waals surface area contributed by atoms with Gasteiger partial charge in [-0.05, 0) is 64.5 Å². The molecular weight excluding hydrogens is 333 g/mol. The van der Waals surface area contributed by atoms with E-state index in [9.17, 15) is 9.18 Å². The molecule has 1 amide bonds. The van der Waals surface area contributed by atoms with Crippen molar-refractivity contribution in [3.05, 3.63) is 69.4 Å². The minimum Gasteiger partial charge on any atom is -0.345 e. The maximum absolute atomic E-state index is 13.3. The number of rotatable bonds is 2. The summed E-state index contributed by atoms with van der Waals surface area (Å²) in [7, 11) is 0. The third-order valence-electron chi connectivity index (χ3n) is 3.85. The lowest BCUT2D eigenvalue weighted by Gasteiger charge is -2.26. The Kier molecular flexibility index (Phi) is 4.06. The molecule has 1 atom stereocenters. The molecule has 1 N–H and O–H groups in total. The van der Waals surface area contributed by atoms with E-state index in [-0.39, 0.29) is 11.9 Å². The summed E-state index contributed by atoms with van der Waals surface area (Å²) in [6, 6.07) is 12.3. The van der Waals surface area contributed by atoms with Crippen LogP contribution in [-0.4, -0.2) is 5.91 Å². The van der Waals surface area contributed by atoms with Gasteiger partial charge in [-0.3, -0.25) is 4.79 Å². The summed E-state index contributed by atoms with van der Waals surface area (Å²) in [6.45, 7) is 0. The zero-order valence-corrected chi connectivity index (χ0v) is 13.0. The van der Waals surface area contributed by atoms with Crippen LogP contribution in [0.5, 0.6) is 0 Å². The summed E-state index contributed by atoms with van der Waals surface area (Å²) >= 11 is 3.30. The van der Waals surface area contributed by atoms with Crippen LogP contribution >= 0.6 is 15.9 Å². The van der Waals surface area contributed by atoms with E-state index in [4.69, 9.17) is 0 Å². The van der Waals surface area contributed by atoms with E-state index in [1.807, 2.05) is 12.1 Å². The van der Waals surface area contributed by atoms with Crippen molar-refractivity contribution in [2.75, 3.05) is 0 Å². The van der Waals surface area contributed by atoms with Gasteiger partial charge in [-0.15, -0.1) is 0 Å². The minimum atomic E-state index is -0.410. The van der Waals surface area contributed by atoms with Crippen LogP contribution in [0.1, 0.15) is 40.4 Å². The number of benzene rings is 2. The van der Waals surface area contributed by atoms with Crippen LogP contribution in [0, 0.1) is 5.82 Å². The quantitative estimate of drug-likeness (QED) is 0.857. The second-order valence-corrected chi connectivity index (χ2v) is 6.10. The predicted octanol–water partition coefficient (Wildman–Crippen LogP) is 4.40. The minimum absolute atomic E-state index is 0.00221. The predicted molar refractivity (Wildman–Crippen MR) is 83.7 cm³/mol. The molecule has 3 rings (SSSR count). The smallest absolute Gasteiger partial charge is 0.253 e. The van der Waals surface area contributed by atoms with Gasteiger partial charge in [0.05, 0.1) is 11.6 Å². The maximum atomic E-state index is 13.3. The van der Waals surface area contributed by atoms with E-state index in [1.54, 1.807) is 6.07 Å². The number of aryl methyl sites for hydroxylation is 1. The van der Waals surface area contributed by atoms with Crippen molar-refractivity contribution < 1.29 is 9.18 Å². The second-order valence-electron chi connectivity index (χ2n) is 5.24. The lowest BCUT2D eigenvalue weighted by Crippen LogP contribution is -2.31. The summed E-state index contributed by atoms with van der Waals surface area (Å²) < 4.78 is 13.9. The Morgan fingerprint density at radius 1 is 1.24 bits per heavy atom. The van der Waals surface area contributed by atoms with Gasteiger partial charge >= 0.3 is 0 Å². The molecule has 2 aromatic carbocycles. The van der Waals surface area contributed by atoms with Gasteiger partial charge in [0.2, 0.25) is 0 Å². The summed E-state index contributed by atoms with van der Waals surface area (Å²) in [4.78, 5) is 12.4. The third kappa shape index (κ3) is 3.00. The molecule has 4 heteroatoms. The standard InChI is InChI=1S/C17H15BrFNO/c18-15-9-8-12(19)10-14(15)17(21)20-16-7-3-5-11-4-1-2-6-13(11)16/h1-2,4,6,8-10,16H,3,5,7H2,(H,20,21)/t16-/m1/s1. The van der Waals surface area contributed by atoms with Crippen LogP contribution in [0.25, 0.3) is 0 Å². The van der Waals surface area contributed by atoms with E-state index in [2.05, 4.69) is 33.4 Å². The Labute approximate surface area is 131 Å². The highest BCUT2D eigenvalue weighted by Crippen LogP contribution is 2.30. The van der Waals surface area contributed by atoms with Crippen LogP contribution in [0.15, 0.2) is 46.9 Å². The van der Waals surface area contributed by atoms with Crippen molar-refractivity contribution in [1.82, 2.24) is 5.32 Å². The second kappa shape index (κ2) is 5.98. The molecule has 0 bridgehead atoms. The number of carbonyl (C=O) groups is 1. The van der Waals surface area contributed by atoms with Gasteiger partial charge in [0.1, 0.15) is 5.82 Å². The molecule has 0 aliphatic heterocycles. The number of carbonyl (C=O) groups excluding carboxylic acids is 1. The Balaban J connectivity index is 1.84. The van der Waals surface area contributed by atoms with Crippen molar-refractivity contribution in [3.8, 4) is 0 Å². The molecule has 0 saturated heterocycles. The van der Waals surface area contributed by atoms with Crippen LogP contribution < -0.4 is 5.32 Å². The molecule has 0 unspecified atom stereocenters. The molecule has 21 heavy (non-hydrogen) atoms. The molecule has 0 heterocycles. The molecule has 1 aliphatic rings. The lowest BCUT2D eigenvalue weighted by molar-refractivity contribution is 0.0931. The zero-order chi connectivity index (χ0) is 14.8. The van der Waals surface area contributed by atoms with Gasteiger partial charge < -0.3 is 5.32 Å². The molecular formula is C17H15BrFNO. The van der Waals surface area contributed by atoms with Gasteiger partial charge in [0, 0.05) is 4.47 Å². The number of fused-ring (bicyclic) bond motifs is 1. The third-order valence-corrected chi connectivity index (χ3v) is 4.54. The summed E-state index contributed by atoms with van der Waals surface area (Å²) in [6.07, 6.45) is 3.01. The Hall–Kier alpha value is -1.68. The van der Waals surface area contributed by atoms with Crippen molar-refractivity contribution in [3.63, 3.8) is 0 Å². The first-order chi connectivity index (χ1) is 10.1. The topological polar surface area (TPSA) is 29.1 Å². The number of hydrogen-bond donors (Lipinski definition) is 1. The first kappa shape index (κ1) is 14.3. The van der Waals surface area contributed by atoms with Gasteiger partial charge in [-0.1, -0.05) is 24.3 Å². The van der Waals surface area contributed by atoms with Gasteiger partial charge in [0.15, 0.2) is 0 Å². The molecule has 0 aromatic heterocycles. The van der Waals surface area contributed by atoms with Crippen LogP contribution in [-0.2, 0) is 6.42 Å². The number of amides is 1. The first-order valence-corrected chi connectivity index (χ1v) is 7.78. The zero-order valence-electron chi connectivity index (χ0n) is 11.4. The Morgan fingerprint density at radius 3 is 2.90 bits per heavy atom. The van der Waals surface area contributed by atoms with E-state index in [0.717, 1.165) is 19.3 Å². The molecule has 0 fully saturated rings. The Bertz CT molecular complexity index is 686. The van der Waals surface area contributed by atoms with Gasteiger partial charge in [0.25, 0.3) is 5.91 Å². The van der Waals surface area contributed by atoms with E-state index >= 15 is 0 Å². The first-order valence-electron chi connectivity index (χ1n) is 6.99. The van der Waals surface area contributed by atoms with Crippen molar-refractivity contribution in [2.24, 2.45) is 0 Å². The number of hydrogen-bond acceptors (Lipinski definition) is 1. The molecule has 0 spiro atoms. The lowest BCUT2D eigenvalue weighted by atomic mass is 9.87. The number of halogens is 2. The van der Waals surface area contributed by atoms with Crippen molar-refractivity contribution >= 4 is 21.8 Å². The monoisotopic (exact) mass is 347 g/mol. The normalized spacial score (nSPS) is 17.1. The summed E-state index contributed by atoms with van der Waals surface area (Å²) in [5, 5.41) is 3.02. The van der Waals surface area contributed by atoms with Crippen LogP contribution in [0.2, 0.25) is 0 Å². The molecule has 1 aliphatic carbocycles. The van der Waals surface area contributed by atoms with E-state index < -0.39 is 5.82 Å². The summed E-state index contributed by atoms with van der Waals surface area (Å²) in [5.41, 5.74) is 2.79. The molecule has 2 aromatic rings. The highest BCUT2D eigenvalue weighted by atomic mass is 79.9. The van der Waals surface area contributed by atoms with E-state index in [1.165, 1.54) is 23.3 Å². The molecule has 0 saturated carbocycles. The molecule has 0 radical (unpaired) electrons. The fourth-order valence-corrected chi connectivity index (χ4v) is 3.24. The average molecular weight is 348 g/mol.